The maximum absolute atomic E-state index is 14.5. The first kappa shape index (κ1) is 28.1. The Bertz CT molecular complexity index is 1130. The van der Waals surface area contributed by atoms with E-state index < -0.39 is 23.9 Å². The smallest absolute Gasteiger partial charge is 0.257 e. The van der Waals surface area contributed by atoms with Gasteiger partial charge in [0.25, 0.3) is 11.8 Å². The Kier molecular flexibility index (Phi) is 9.60. The molecular formula is C27H34FN3O6. The zero-order chi connectivity index (χ0) is 27.1. The topological polar surface area (TPSA) is 97.4 Å². The average Bonchev–Trinajstić information content (AvgIpc) is 2.88. The number of carbonyl (C=O) groups is 3. The molecule has 9 nitrogen and oxygen atoms in total. The molecule has 0 spiro atoms. The van der Waals surface area contributed by atoms with E-state index in [1.807, 2.05) is 13.8 Å². The summed E-state index contributed by atoms with van der Waals surface area (Å²) < 4.78 is 31.1. The molecule has 1 aliphatic rings. The van der Waals surface area contributed by atoms with Crippen LogP contribution in [-0.2, 0) is 14.3 Å². The summed E-state index contributed by atoms with van der Waals surface area (Å²) in [5, 5.41) is 2.69. The van der Waals surface area contributed by atoms with Crippen LogP contribution in [0.1, 0.15) is 34.6 Å². The molecule has 1 N–H and O–H groups in total. The van der Waals surface area contributed by atoms with E-state index in [9.17, 15) is 18.8 Å². The molecular weight excluding hydrogens is 481 g/mol. The highest BCUT2D eigenvalue weighted by Gasteiger charge is 2.31. The molecule has 0 saturated heterocycles. The van der Waals surface area contributed by atoms with Gasteiger partial charge in [0.05, 0.1) is 23.3 Å². The summed E-state index contributed by atoms with van der Waals surface area (Å²) in [6.45, 7) is 4.18. The van der Waals surface area contributed by atoms with E-state index in [-0.39, 0.29) is 55.2 Å². The third-order valence-corrected chi connectivity index (χ3v) is 6.37. The van der Waals surface area contributed by atoms with Crippen LogP contribution in [0.25, 0.3) is 0 Å². The summed E-state index contributed by atoms with van der Waals surface area (Å²) in [4.78, 5) is 41.9. The molecule has 37 heavy (non-hydrogen) atoms. The van der Waals surface area contributed by atoms with Crippen molar-refractivity contribution in [3.63, 3.8) is 0 Å². The van der Waals surface area contributed by atoms with Crippen LogP contribution in [0.15, 0.2) is 42.5 Å². The number of hydrogen-bond acceptors (Lipinski definition) is 6. The molecule has 2 aromatic rings. The lowest BCUT2D eigenvalue weighted by Crippen LogP contribution is -2.48. The van der Waals surface area contributed by atoms with Gasteiger partial charge in [-0.05, 0) is 37.3 Å². The number of rotatable bonds is 5. The second kappa shape index (κ2) is 12.6. The van der Waals surface area contributed by atoms with E-state index >= 15 is 0 Å². The quantitative estimate of drug-likeness (QED) is 0.658. The number of ether oxygens (including phenoxy) is 3. The first-order chi connectivity index (χ1) is 17.7. The maximum Gasteiger partial charge on any atom is 0.257 e. The number of fused-ring (bicyclic) bond motifs is 1. The number of amides is 3. The molecule has 0 fully saturated rings. The van der Waals surface area contributed by atoms with Crippen LogP contribution < -0.4 is 10.1 Å². The van der Waals surface area contributed by atoms with Gasteiger partial charge in [-0.2, -0.15) is 0 Å². The van der Waals surface area contributed by atoms with Crippen LogP contribution in [0.2, 0.25) is 0 Å². The second-order valence-corrected chi connectivity index (χ2v) is 9.23. The van der Waals surface area contributed by atoms with Crippen LogP contribution in [0.4, 0.5) is 10.1 Å². The number of methoxy groups -OCH3 is 2. The summed E-state index contributed by atoms with van der Waals surface area (Å²) in [6.07, 6.45) is -0.398. The molecule has 0 saturated carbocycles. The molecule has 10 heteroatoms. The van der Waals surface area contributed by atoms with Crippen molar-refractivity contribution < 1.29 is 33.0 Å². The largest absolute Gasteiger partial charge is 0.491 e. The van der Waals surface area contributed by atoms with E-state index in [1.165, 1.54) is 30.2 Å². The van der Waals surface area contributed by atoms with Gasteiger partial charge >= 0.3 is 0 Å². The Balaban J connectivity index is 1.98. The van der Waals surface area contributed by atoms with Gasteiger partial charge in [0.2, 0.25) is 5.91 Å². The standard InChI is InChI=1S/C27H34FN3O6/c1-17-13-31(27(34)20-8-6-7-9-22(20)28)18(2)15-37-23-11-10-19(29-25(32)16-35-4)12-21(23)26(33)30(3)14-24(17)36-5/h6-12,17-18,24H,13-16H2,1-5H3,(H,29,32)/t17-,18+,24-/m1/s1. The Labute approximate surface area is 216 Å². The lowest BCUT2D eigenvalue weighted by molar-refractivity contribution is -0.119. The number of nitrogens with zero attached hydrogens (tertiary/aromatic N) is 2. The van der Waals surface area contributed by atoms with E-state index in [4.69, 9.17) is 14.2 Å². The van der Waals surface area contributed by atoms with Gasteiger partial charge in [-0.1, -0.05) is 19.1 Å². The van der Waals surface area contributed by atoms with Crippen molar-refractivity contribution in [1.29, 1.82) is 0 Å². The van der Waals surface area contributed by atoms with Crippen molar-refractivity contribution in [3.05, 3.63) is 59.4 Å². The highest BCUT2D eigenvalue weighted by molar-refractivity contribution is 5.99. The van der Waals surface area contributed by atoms with Crippen LogP contribution >= 0.6 is 0 Å². The van der Waals surface area contributed by atoms with E-state index in [0.29, 0.717) is 11.4 Å². The Hall–Kier alpha value is -3.50. The van der Waals surface area contributed by atoms with Crippen LogP contribution in [0.5, 0.6) is 5.75 Å². The summed E-state index contributed by atoms with van der Waals surface area (Å²) in [5.74, 6) is -1.59. The number of likely N-dealkylation sites (N-methyl/N-ethyl adjacent to an activating group) is 1. The summed E-state index contributed by atoms with van der Waals surface area (Å²) in [6, 6.07) is 10.2. The summed E-state index contributed by atoms with van der Waals surface area (Å²) in [7, 11) is 4.62. The van der Waals surface area contributed by atoms with Gasteiger partial charge in [-0.3, -0.25) is 14.4 Å². The first-order valence-electron chi connectivity index (χ1n) is 12.1. The maximum atomic E-state index is 14.5. The lowest BCUT2D eigenvalue weighted by Gasteiger charge is -2.36. The summed E-state index contributed by atoms with van der Waals surface area (Å²) in [5.41, 5.74) is 0.644. The molecule has 0 aliphatic carbocycles. The van der Waals surface area contributed by atoms with Crippen molar-refractivity contribution in [2.45, 2.75) is 26.0 Å². The fraction of sp³-hybridized carbons (Fsp3) is 0.444. The molecule has 0 bridgehead atoms. The van der Waals surface area contributed by atoms with Crippen molar-refractivity contribution in [1.82, 2.24) is 9.80 Å². The summed E-state index contributed by atoms with van der Waals surface area (Å²) >= 11 is 0. The molecule has 3 amide bonds. The van der Waals surface area contributed by atoms with Crippen LogP contribution in [0, 0.1) is 11.7 Å². The first-order valence-corrected chi connectivity index (χ1v) is 12.1. The molecule has 1 heterocycles. The third kappa shape index (κ3) is 6.84. The van der Waals surface area contributed by atoms with Crippen molar-refractivity contribution in [2.75, 3.05) is 52.9 Å². The molecule has 2 aromatic carbocycles. The average molecular weight is 516 g/mol. The molecule has 3 atom stereocenters. The number of carbonyl (C=O) groups excluding carboxylic acids is 3. The van der Waals surface area contributed by atoms with Gasteiger partial charge in [-0.15, -0.1) is 0 Å². The van der Waals surface area contributed by atoms with Gasteiger partial charge in [0.1, 0.15) is 24.8 Å². The Morgan fingerprint density at radius 3 is 2.54 bits per heavy atom. The van der Waals surface area contributed by atoms with Gasteiger partial charge in [-0.25, -0.2) is 4.39 Å². The normalized spacial score (nSPS) is 20.8. The second-order valence-electron chi connectivity index (χ2n) is 9.23. The molecule has 0 aromatic heterocycles. The Morgan fingerprint density at radius 1 is 1.14 bits per heavy atom. The number of anilines is 1. The minimum Gasteiger partial charge on any atom is -0.491 e. The number of benzene rings is 2. The third-order valence-electron chi connectivity index (χ3n) is 6.37. The van der Waals surface area contributed by atoms with E-state index in [2.05, 4.69) is 5.32 Å². The van der Waals surface area contributed by atoms with E-state index in [0.717, 1.165) is 0 Å². The molecule has 200 valence electrons. The zero-order valence-corrected chi connectivity index (χ0v) is 21.8. The highest BCUT2D eigenvalue weighted by Crippen LogP contribution is 2.27. The molecule has 0 unspecified atom stereocenters. The van der Waals surface area contributed by atoms with Gasteiger partial charge in [0.15, 0.2) is 0 Å². The fourth-order valence-corrected chi connectivity index (χ4v) is 4.25. The number of halogens is 1. The SMILES string of the molecule is COCC(=O)Nc1ccc2c(c1)C(=O)N(C)C[C@@H](OC)[C@H](C)CN(C(=O)c1ccccc1F)[C@@H](C)CO2. The minimum atomic E-state index is -0.596. The van der Waals surface area contributed by atoms with Crippen LogP contribution in [0.3, 0.4) is 0 Å². The van der Waals surface area contributed by atoms with Crippen LogP contribution in [-0.4, -0.2) is 87.2 Å². The monoisotopic (exact) mass is 515 g/mol. The number of nitrogens with one attached hydrogen (secondary N) is 1. The molecule has 0 radical (unpaired) electrons. The van der Waals surface area contributed by atoms with Gasteiger partial charge < -0.3 is 29.3 Å². The van der Waals surface area contributed by atoms with Crippen molar-refractivity contribution in [2.24, 2.45) is 5.92 Å². The number of hydrogen-bond donors (Lipinski definition) is 1. The molecule has 1 aliphatic heterocycles. The van der Waals surface area contributed by atoms with Crippen molar-refractivity contribution >= 4 is 23.4 Å². The molecule has 3 rings (SSSR count). The van der Waals surface area contributed by atoms with Crippen molar-refractivity contribution in [3.8, 4) is 5.75 Å². The predicted octanol–water partition coefficient (Wildman–Crippen LogP) is 3.06. The minimum absolute atomic E-state index is 0.0215. The lowest BCUT2D eigenvalue weighted by atomic mass is 10.0. The predicted molar refractivity (Wildman–Crippen MR) is 136 cm³/mol. The Morgan fingerprint density at radius 2 is 1.86 bits per heavy atom. The van der Waals surface area contributed by atoms with E-state index in [1.54, 1.807) is 43.3 Å². The zero-order valence-electron chi connectivity index (χ0n) is 21.8. The fourth-order valence-electron chi connectivity index (χ4n) is 4.25. The highest BCUT2D eigenvalue weighted by atomic mass is 19.1. The van der Waals surface area contributed by atoms with Gasteiger partial charge in [0, 0.05) is 46.0 Å².